The molecule has 0 aliphatic heterocycles. The Kier molecular flexibility index (Phi) is 25.3. The van der Waals surface area contributed by atoms with Crippen molar-refractivity contribution in [3.63, 3.8) is 0 Å². The van der Waals surface area contributed by atoms with Crippen LogP contribution in [0.2, 0.25) is 0 Å². The average molecular weight is 179 g/mol. The molecule has 78 valence electrons. The summed E-state index contributed by atoms with van der Waals surface area (Å²) >= 11 is 0. The molecule has 0 saturated carbocycles. The van der Waals surface area contributed by atoms with Gasteiger partial charge in [-0.2, -0.15) is 0 Å². The van der Waals surface area contributed by atoms with Crippen molar-refractivity contribution in [2.75, 3.05) is 56.1 Å². The highest BCUT2D eigenvalue weighted by atomic mass is 16.3. The molecule has 12 heavy (non-hydrogen) atoms. The lowest BCUT2D eigenvalue weighted by Crippen LogP contribution is -2.04. The smallest absolute Gasteiger partial charge is 0.0929 e. The second kappa shape index (κ2) is 17.1. The third-order valence-corrected chi connectivity index (χ3v) is 0.158. The number of aliphatic hydroxyl groups is 1. The highest BCUT2D eigenvalue weighted by molar-refractivity contribution is 4.09. The van der Waals surface area contributed by atoms with Gasteiger partial charge in [-0.1, -0.05) is 0 Å². The first kappa shape index (κ1) is 17.8. The van der Waals surface area contributed by atoms with Crippen LogP contribution in [-0.2, 0) is 0 Å². The molecule has 0 spiro atoms. The second-order valence-corrected chi connectivity index (χ2v) is 3.19. The molecule has 4 nitrogen and oxygen atoms in total. The maximum atomic E-state index is 7.76. The number of rotatable bonds is 1. The summed E-state index contributed by atoms with van der Waals surface area (Å²) in [5.41, 5.74) is 0. The fourth-order valence-electron chi connectivity index (χ4n) is 0. The lowest BCUT2D eigenvalue weighted by atomic mass is 11.0. The third kappa shape index (κ3) is 1090. The molecule has 0 aliphatic carbocycles. The van der Waals surface area contributed by atoms with Gasteiger partial charge in [0.15, 0.2) is 0 Å². The van der Waals surface area contributed by atoms with Gasteiger partial charge in [0.1, 0.15) is 0 Å². The maximum absolute atomic E-state index is 7.76. The minimum absolute atomic E-state index is 0.0694. The van der Waals surface area contributed by atoms with E-state index in [1.807, 2.05) is 52.1 Å². The molecule has 0 rings (SSSR count). The highest BCUT2D eigenvalue weighted by Crippen LogP contribution is 1.48. The molecular weight excluding hydrogens is 154 g/mol. The zero-order valence-corrected chi connectivity index (χ0v) is 9.55. The summed E-state index contributed by atoms with van der Waals surface area (Å²) in [7, 11) is 13.7. The fourth-order valence-corrected chi connectivity index (χ4v) is 0. The van der Waals surface area contributed by atoms with Crippen LogP contribution < -0.4 is 5.32 Å². The van der Waals surface area contributed by atoms with Gasteiger partial charge in [0.05, 0.1) is 6.73 Å². The molecule has 0 atom stereocenters. The van der Waals surface area contributed by atoms with Gasteiger partial charge < -0.3 is 14.9 Å². The van der Waals surface area contributed by atoms with Crippen molar-refractivity contribution in [3.05, 3.63) is 0 Å². The van der Waals surface area contributed by atoms with Crippen molar-refractivity contribution >= 4 is 0 Å². The van der Waals surface area contributed by atoms with Gasteiger partial charge in [0, 0.05) is 0 Å². The molecule has 0 unspecified atom stereocenters. The van der Waals surface area contributed by atoms with Crippen molar-refractivity contribution in [3.8, 4) is 0 Å². The molecule has 0 amide bonds. The lowest BCUT2D eigenvalue weighted by Gasteiger charge is -1.90. The normalized spacial score (nSPS) is 8.50. The maximum Gasteiger partial charge on any atom is 0.0929 e. The number of hydrogen-bond acceptors (Lipinski definition) is 4. The molecule has 0 saturated heterocycles. The number of hydrogen-bond donors (Lipinski definition) is 2. The Balaban J connectivity index is -0.000000101. The first-order valence-electron chi connectivity index (χ1n) is 3.85. The van der Waals surface area contributed by atoms with E-state index in [1.54, 1.807) is 7.05 Å². The Morgan fingerprint density at radius 3 is 1.00 bits per heavy atom. The summed E-state index contributed by atoms with van der Waals surface area (Å²) < 4.78 is 0. The number of aliphatic hydroxyl groups excluding tert-OH is 1. The number of nitrogens with zero attached hydrogens (tertiary/aromatic N) is 2. The first-order valence-corrected chi connectivity index (χ1v) is 3.85. The van der Waals surface area contributed by atoms with E-state index in [9.17, 15) is 0 Å². The molecular formula is C8H25N3O. The Morgan fingerprint density at radius 2 is 1.00 bits per heavy atom. The van der Waals surface area contributed by atoms with Gasteiger partial charge in [0.25, 0.3) is 0 Å². The van der Waals surface area contributed by atoms with Crippen LogP contribution in [0.5, 0.6) is 0 Å². The predicted octanol–water partition coefficient (Wildman–Crippen LogP) is -0.489. The van der Waals surface area contributed by atoms with Crippen molar-refractivity contribution < 1.29 is 5.11 Å². The molecule has 2 N–H and O–H groups in total. The minimum Gasteiger partial charge on any atom is -0.381 e. The van der Waals surface area contributed by atoms with E-state index in [-0.39, 0.29) is 6.73 Å². The predicted molar refractivity (Wildman–Crippen MR) is 55.4 cm³/mol. The van der Waals surface area contributed by atoms with Crippen LogP contribution in [0, 0.1) is 0 Å². The largest absolute Gasteiger partial charge is 0.381 e. The van der Waals surface area contributed by atoms with Crippen LogP contribution in [-0.4, -0.2) is 71.0 Å². The highest BCUT2D eigenvalue weighted by Gasteiger charge is 1.58. The summed E-state index contributed by atoms with van der Waals surface area (Å²) in [6.45, 7) is 0.0694. The summed E-state index contributed by atoms with van der Waals surface area (Å²) in [5.74, 6) is 0. The Morgan fingerprint density at radius 1 is 0.917 bits per heavy atom. The molecule has 0 aromatic heterocycles. The van der Waals surface area contributed by atoms with Gasteiger partial charge in [-0.05, 0) is 49.3 Å². The average Bonchev–Trinajstić information content (AvgIpc) is 1.85. The van der Waals surface area contributed by atoms with E-state index in [1.165, 1.54) is 0 Å². The zero-order chi connectivity index (χ0) is 10.6. The monoisotopic (exact) mass is 179 g/mol. The van der Waals surface area contributed by atoms with Crippen molar-refractivity contribution in [2.24, 2.45) is 0 Å². The molecule has 4 heteroatoms. The van der Waals surface area contributed by atoms with Gasteiger partial charge >= 0.3 is 0 Å². The minimum atomic E-state index is 0.0694. The summed E-state index contributed by atoms with van der Waals surface area (Å²) in [6, 6.07) is 0. The van der Waals surface area contributed by atoms with E-state index >= 15 is 0 Å². The topological polar surface area (TPSA) is 38.7 Å². The quantitative estimate of drug-likeness (QED) is 0.533. The Bertz CT molecular complexity index is 44.8. The summed E-state index contributed by atoms with van der Waals surface area (Å²) in [4.78, 5) is 4.00. The van der Waals surface area contributed by atoms with E-state index in [0.717, 1.165) is 0 Å². The standard InChI is InChI=1S/2C3H9N.C2H7NO/c2*1-4(2)3;1-3-2-4/h2*1-3H3;3-4H,2H2,1H3. The van der Waals surface area contributed by atoms with E-state index in [2.05, 4.69) is 5.32 Å². The molecule has 0 aromatic rings. The SMILES string of the molecule is CN(C)C.CN(C)C.CNCO. The van der Waals surface area contributed by atoms with Crippen LogP contribution in [0.4, 0.5) is 0 Å². The van der Waals surface area contributed by atoms with Crippen LogP contribution >= 0.6 is 0 Å². The molecule has 0 heterocycles. The van der Waals surface area contributed by atoms with Gasteiger partial charge in [0.2, 0.25) is 0 Å². The molecule has 0 fully saturated rings. The third-order valence-electron chi connectivity index (χ3n) is 0.158. The van der Waals surface area contributed by atoms with Crippen molar-refractivity contribution in [1.82, 2.24) is 15.1 Å². The molecule has 0 aliphatic rings. The van der Waals surface area contributed by atoms with E-state index in [4.69, 9.17) is 5.11 Å². The van der Waals surface area contributed by atoms with Gasteiger partial charge in [-0.15, -0.1) is 0 Å². The zero-order valence-electron chi connectivity index (χ0n) is 9.55. The second-order valence-electron chi connectivity index (χ2n) is 3.19. The molecule has 0 aromatic carbocycles. The van der Waals surface area contributed by atoms with E-state index < -0.39 is 0 Å². The van der Waals surface area contributed by atoms with Crippen molar-refractivity contribution in [2.45, 2.75) is 0 Å². The first-order chi connectivity index (χ1) is 5.38. The van der Waals surface area contributed by atoms with Crippen LogP contribution in [0.25, 0.3) is 0 Å². The van der Waals surface area contributed by atoms with Crippen LogP contribution in [0.15, 0.2) is 0 Å². The summed E-state index contributed by atoms with van der Waals surface area (Å²) in [5, 5.41) is 10.2. The van der Waals surface area contributed by atoms with E-state index in [0.29, 0.717) is 0 Å². The van der Waals surface area contributed by atoms with Crippen LogP contribution in [0.1, 0.15) is 0 Å². The molecule has 0 radical (unpaired) electrons. The van der Waals surface area contributed by atoms with Gasteiger partial charge in [-0.25, -0.2) is 0 Å². The molecule has 0 bridgehead atoms. The lowest BCUT2D eigenvalue weighted by molar-refractivity contribution is 0.273. The Labute approximate surface area is 77.2 Å². The van der Waals surface area contributed by atoms with Crippen molar-refractivity contribution in [1.29, 1.82) is 0 Å². The van der Waals surface area contributed by atoms with Crippen LogP contribution in [0.3, 0.4) is 0 Å². The number of nitrogens with one attached hydrogen (secondary N) is 1. The Hall–Kier alpha value is -0.160. The van der Waals surface area contributed by atoms with Gasteiger partial charge in [-0.3, -0.25) is 5.32 Å². The summed E-state index contributed by atoms with van der Waals surface area (Å²) in [6.07, 6.45) is 0. The fraction of sp³-hybridized carbons (Fsp3) is 1.00.